The van der Waals surface area contributed by atoms with Crippen molar-refractivity contribution in [1.29, 1.82) is 0 Å². The highest BCUT2D eigenvalue weighted by molar-refractivity contribution is 5.71. The molecule has 0 saturated heterocycles. The van der Waals surface area contributed by atoms with Crippen LogP contribution in [0.1, 0.15) is 12.5 Å². The standard InChI is InChI=1S/C16H14O6/c1-16(21)7-9(17)5-14-10(16)6-13(20)15(22-14)8-2-3-11(18)12(19)4-8/h2-7,17-21H,1H3. The Hall–Kier alpha value is -2.86. The van der Waals surface area contributed by atoms with E-state index >= 15 is 0 Å². The average molecular weight is 302 g/mol. The molecule has 5 N–H and O–H groups in total. The minimum atomic E-state index is -1.48. The summed E-state index contributed by atoms with van der Waals surface area (Å²) >= 11 is 0. The molecular formula is C16H14O6. The van der Waals surface area contributed by atoms with E-state index in [9.17, 15) is 25.5 Å². The molecule has 1 aromatic carbocycles. The fourth-order valence-electron chi connectivity index (χ4n) is 2.41. The van der Waals surface area contributed by atoms with Crippen molar-refractivity contribution in [2.24, 2.45) is 0 Å². The second-order valence-electron chi connectivity index (χ2n) is 5.30. The Kier molecular flexibility index (Phi) is 2.93. The van der Waals surface area contributed by atoms with Gasteiger partial charge in [0.15, 0.2) is 23.0 Å². The molecule has 1 unspecified atom stereocenters. The number of aliphatic hydroxyl groups is 3. The van der Waals surface area contributed by atoms with Gasteiger partial charge in [0.2, 0.25) is 0 Å². The summed E-state index contributed by atoms with van der Waals surface area (Å²) in [5.41, 5.74) is -0.850. The van der Waals surface area contributed by atoms with Crippen molar-refractivity contribution in [1.82, 2.24) is 0 Å². The summed E-state index contributed by atoms with van der Waals surface area (Å²) in [5.74, 6) is -0.834. The third kappa shape index (κ3) is 2.19. The molecule has 114 valence electrons. The molecule has 0 aromatic heterocycles. The number of phenols is 2. The number of allylic oxidation sites excluding steroid dienone is 2. The highest BCUT2D eigenvalue weighted by Crippen LogP contribution is 2.40. The lowest BCUT2D eigenvalue weighted by Crippen LogP contribution is -2.30. The molecule has 1 aliphatic carbocycles. The van der Waals surface area contributed by atoms with E-state index < -0.39 is 5.60 Å². The highest BCUT2D eigenvalue weighted by atomic mass is 16.5. The topological polar surface area (TPSA) is 110 Å². The van der Waals surface area contributed by atoms with Gasteiger partial charge in [0.1, 0.15) is 17.1 Å². The van der Waals surface area contributed by atoms with Gasteiger partial charge in [0, 0.05) is 17.2 Å². The Labute approximate surface area is 125 Å². The molecule has 0 radical (unpaired) electrons. The van der Waals surface area contributed by atoms with E-state index in [1.807, 2.05) is 0 Å². The van der Waals surface area contributed by atoms with Crippen LogP contribution in [-0.4, -0.2) is 31.1 Å². The molecule has 0 saturated carbocycles. The highest BCUT2D eigenvalue weighted by Gasteiger charge is 2.35. The molecule has 6 heteroatoms. The Bertz CT molecular complexity index is 780. The Morgan fingerprint density at radius 2 is 1.73 bits per heavy atom. The first-order chi connectivity index (χ1) is 10.3. The van der Waals surface area contributed by atoms with Crippen molar-refractivity contribution in [3.8, 4) is 11.5 Å². The number of fused-ring (bicyclic) bond motifs is 1. The monoisotopic (exact) mass is 302 g/mol. The summed E-state index contributed by atoms with van der Waals surface area (Å²) in [6.45, 7) is 1.45. The molecule has 2 aliphatic rings. The number of phenolic OH excluding ortho intramolecular Hbond substituents is 2. The molecule has 1 atom stereocenters. The molecule has 3 rings (SSSR count). The smallest absolute Gasteiger partial charge is 0.176 e. The van der Waals surface area contributed by atoms with E-state index in [1.54, 1.807) is 0 Å². The van der Waals surface area contributed by atoms with Crippen molar-refractivity contribution >= 4 is 5.76 Å². The van der Waals surface area contributed by atoms with Gasteiger partial charge in [0.05, 0.1) is 0 Å². The van der Waals surface area contributed by atoms with E-state index in [4.69, 9.17) is 4.74 Å². The van der Waals surface area contributed by atoms with Crippen LogP contribution in [0, 0.1) is 0 Å². The van der Waals surface area contributed by atoms with Crippen LogP contribution in [-0.2, 0) is 4.74 Å². The first kappa shape index (κ1) is 14.1. The zero-order valence-corrected chi connectivity index (χ0v) is 11.6. The summed E-state index contributed by atoms with van der Waals surface area (Å²) in [7, 11) is 0. The van der Waals surface area contributed by atoms with E-state index in [2.05, 4.69) is 0 Å². The molecule has 0 amide bonds. The average Bonchev–Trinajstić information content (AvgIpc) is 2.41. The third-order valence-corrected chi connectivity index (χ3v) is 3.48. The second kappa shape index (κ2) is 4.57. The van der Waals surface area contributed by atoms with Crippen LogP contribution in [0.2, 0.25) is 0 Å². The number of hydrogen-bond acceptors (Lipinski definition) is 6. The molecular weight excluding hydrogens is 288 g/mol. The third-order valence-electron chi connectivity index (χ3n) is 3.48. The van der Waals surface area contributed by atoms with Crippen molar-refractivity contribution in [2.75, 3.05) is 0 Å². The van der Waals surface area contributed by atoms with Gasteiger partial charge in [-0.05, 0) is 37.3 Å². The van der Waals surface area contributed by atoms with Crippen LogP contribution in [0.15, 0.2) is 59.3 Å². The largest absolute Gasteiger partial charge is 0.508 e. The molecule has 1 aromatic rings. The first-order valence-corrected chi connectivity index (χ1v) is 6.50. The van der Waals surface area contributed by atoms with Crippen LogP contribution in [0.5, 0.6) is 11.5 Å². The van der Waals surface area contributed by atoms with Gasteiger partial charge in [-0.1, -0.05) is 0 Å². The molecule has 0 spiro atoms. The Morgan fingerprint density at radius 1 is 1.00 bits per heavy atom. The fraction of sp³-hybridized carbons (Fsp3) is 0.125. The van der Waals surface area contributed by atoms with Gasteiger partial charge >= 0.3 is 0 Å². The molecule has 0 fully saturated rings. The summed E-state index contributed by atoms with van der Waals surface area (Å²) in [4.78, 5) is 0. The fourth-order valence-corrected chi connectivity index (χ4v) is 2.41. The number of ether oxygens (including phenoxy) is 1. The van der Waals surface area contributed by atoms with Crippen LogP contribution >= 0.6 is 0 Å². The predicted molar refractivity (Wildman–Crippen MR) is 77.9 cm³/mol. The molecule has 0 bridgehead atoms. The van der Waals surface area contributed by atoms with Gasteiger partial charge < -0.3 is 30.3 Å². The van der Waals surface area contributed by atoms with Crippen molar-refractivity contribution in [3.05, 3.63) is 64.8 Å². The SMILES string of the molecule is CC1(O)C=C(O)C=C2OC(c3ccc(O)c(O)c3)=C(O)C=C21. The summed E-state index contributed by atoms with van der Waals surface area (Å²) in [6.07, 6.45) is 3.88. The summed E-state index contributed by atoms with van der Waals surface area (Å²) in [5, 5.41) is 48.9. The van der Waals surface area contributed by atoms with Crippen molar-refractivity contribution in [2.45, 2.75) is 12.5 Å². The summed E-state index contributed by atoms with van der Waals surface area (Å²) in [6, 6.07) is 3.95. The minimum Gasteiger partial charge on any atom is -0.508 e. The molecule has 1 aliphatic heterocycles. The van der Waals surface area contributed by atoms with Crippen LogP contribution in [0.25, 0.3) is 5.76 Å². The quantitative estimate of drug-likeness (QED) is 0.509. The molecule has 6 nitrogen and oxygen atoms in total. The van der Waals surface area contributed by atoms with Gasteiger partial charge in [-0.3, -0.25) is 0 Å². The van der Waals surface area contributed by atoms with Crippen molar-refractivity contribution < 1.29 is 30.3 Å². The molecule has 1 heterocycles. The van der Waals surface area contributed by atoms with E-state index in [-0.39, 0.29) is 34.5 Å². The lowest BCUT2D eigenvalue weighted by molar-refractivity contribution is 0.134. The molecule has 22 heavy (non-hydrogen) atoms. The lowest BCUT2D eigenvalue weighted by atomic mass is 9.87. The van der Waals surface area contributed by atoms with Gasteiger partial charge in [-0.2, -0.15) is 0 Å². The van der Waals surface area contributed by atoms with E-state index in [0.717, 1.165) is 0 Å². The van der Waals surface area contributed by atoms with Crippen molar-refractivity contribution in [3.63, 3.8) is 0 Å². The summed E-state index contributed by atoms with van der Waals surface area (Å²) < 4.78 is 5.56. The first-order valence-electron chi connectivity index (χ1n) is 6.50. The van der Waals surface area contributed by atoms with Crippen LogP contribution < -0.4 is 0 Å². The lowest BCUT2D eigenvalue weighted by Gasteiger charge is -2.31. The van der Waals surface area contributed by atoms with Gasteiger partial charge in [0.25, 0.3) is 0 Å². The number of hydrogen-bond donors (Lipinski definition) is 5. The zero-order chi connectivity index (χ0) is 16.1. The number of aliphatic hydroxyl groups excluding tert-OH is 2. The van der Waals surface area contributed by atoms with E-state index in [0.29, 0.717) is 11.1 Å². The van der Waals surface area contributed by atoms with Crippen LogP contribution in [0.4, 0.5) is 0 Å². The minimum absolute atomic E-state index is 0.0378. The maximum absolute atomic E-state index is 10.3. The number of rotatable bonds is 1. The zero-order valence-electron chi connectivity index (χ0n) is 11.6. The maximum Gasteiger partial charge on any atom is 0.176 e. The van der Waals surface area contributed by atoms with Crippen LogP contribution in [0.3, 0.4) is 0 Å². The maximum atomic E-state index is 10.3. The number of benzene rings is 1. The Morgan fingerprint density at radius 3 is 2.41 bits per heavy atom. The predicted octanol–water partition coefficient (Wildman–Crippen LogP) is 2.37. The van der Waals surface area contributed by atoms with E-state index in [1.165, 1.54) is 43.4 Å². The normalized spacial score (nSPS) is 24.0. The van der Waals surface area contributed by atoms with Gasteiger partial charge in [-0.15, -0.1) is 0 Å². The Balaban J connectivity index is 2.10. The second-order valence-corrected chi connectivity index (χ2v) is 5.30. The number of aromatic hydroxyl groups is 2. The van der Waals surface area contributed by atoms with Gasteiger partial charge in [-0.25, -0.2) is 0 Å².